The van der Waals surface area contributed by atoms with Crippen LogP contribution in [0.5, 0.6) is 5.75 Å². The van der Waals surface area contributed by atoms with Crippen molar-refractivity contribution in [3.05, 3.63) is 65.7 Å². The summed E-state index contributed by atoms with van der Waals surface area (Å²) in [6.45, 7) is 6.50. The monoisotopic (exact) mass is 426 g/mol. The number of hydrogen-bond donors (Lipinski definition) is 0. The number of nitrogens with zero attached hydrogens (tertiary/aromatic N) is 6. The number of unbranched alkanes of at least 4 members (excludes halogenated alkanes) is 1. The van der Waals surface area contributed by atoms with Crippen molar-refractivity contribution in [1.29, 1.82) is 0 Å². The molecular formula is C22H27ClN6O. The number of hydrogen-bond acceptors (Lipinski definition) is 6. The standard InChI is InChI=1S/C22H27ClN6O/c23-20-14-26-29(17-20)9-5-4-8-27-10-12-28(13-11-27)22-24-15-21(16-25-22)30-18-19-6-2-1-3-7-19/h1-3,6-7,14-17H,4-5,8-13,18H2. The third-order valence-corrected chi connectivity index (χ3v) is 5.43. The molecule has 2 aromatic heterocycles. The number of anilines is 1. The lowest BCUT2D eigenvalue weighted by Gasteiger charge is -2.34. The van der Waals surface area contributed by atoms with E-state index >= 15 is 0 Å². The minimum absolute atomic E-state index is 0.523. The van der Waals surface area contributed by atoms with Crippen LogP contribution in [0.1, 0.15) is 18.4 Å². The Balaban J connectivity index is 1.15. The number of halogens is 1. The first-order chi connectivity index (χ1) is 14.8. The summed E-state index contributed by atoms with van der Waals surface area (Å²) in [4.78, 5) is 13.7. The molecule has 7 nitrogen and oxygen atoms in total. The van der Waals surface area contributed by atoms with Crippen LogP contribution < -0.4 is 9.64 Å². The fraction of sp³-hybridized carbons (Fsp3) is 0.409. The Kier molecular flexibility index (Phi) is 7.16. The fourth-order valence-electron chi connectivity index (χ4n) is 3.53. The lowest BCUT2D eigenvalue weighted by Crippen LogP contribution is -2.47. The van der Waals surface area contributed by atoms with Gasteiger partial charge < -0.3 is 9.64 Å². The summed E-state index contributed by atoms with van der Waals surface area (Å²) in [5.74, 6) is 1.47. The molecule has 0 saturated carbocycles. The Hall–Kier alpha value is -2.64. The first-order valence-corrected chi connectivity index (χ1v) is 10.8. The molecule has 8 heteroatoms. The summed E-state index contributed by atoms with van der Waals surface area (Å²) in [6.07, 6.45) is 9.34. The number of benzene rings is 1. The van der Waals surface area contributed by atoms with Crippen LogP contribution in [-0.2, 0) is 13.2 Å². The molecule has 30 heavy (non-hydrogen) atoms. The second-order valence-electron chi connectivity index (χ2n) is 7.45. The largest absolute Gasteiger partial charge is 0.486 e. The summed E-state index contributed by atoms with van der Waals surface area (Å²) in [6, 6.07) is 10.1. The van der Waals surface area contributed by atoms with Crippen LogP contribution in [0, 0.1) is 0 Å². The summed E-state index contributed by atoms with van der Waals surface area (Å²) in [7, 11) is 0. The Bertz CT molecular complexity index is 894. The van der Waals surface area contributed by atoms with Crippen molar-refractivity contribution in [1.82, 2.24) is 24.6 Å². The highest BCUT2D eigenvalue weighted by Gasteiger charge is 2.18. The second kappa shape index (κ2) is 10.4. The van der Waals surface area contributed by atoms with E-state index in [1.165, 1.54) is 0 Å². The molecule has 4 rings (SSSR count). The van der Waals surface area contributed by atoms with Gasteiger partial charge in [0, 0.05) is 38.9 Å². The summed E-state index contributed by atoms with van der Waals surface area (Å²) < 4.78 is 7.68. The van der Waals surface area contributed by atoms with Crippen LogP contribution in [0.4, 0.5) is 5.95 Å². The first kappa shape index (κ1) is 20.6. The van der Waals surface area contributed by atoms with E-state index in [2.05, 4.69) is 24.9 Å². The van der Waals surface area contributed by atoms with Gasteiger partial charge in [0.25, 0.3) is 0 Å². The molecule has 1 aliphatic heterocycles. The van der Waals surface area contributed by atoms with Gasteiger partial charge in [-0.15, -0.1) is 0 Å². The SMILES string of the molecule is Clc1cnn(CCCCN2CCN(c3ncc(OCc4ccccc4)cn3)CC2)c1. The molecule has 0 atom stereocenters. The third-order valence-electron chi connectivity index (χ3n) is 5.23. The summed E-state index contributed by atoms with van der Waals surface area (Å²) >= 11 is 5.90. The molecular weight excluding hydrogens is 400 g/mol. The number of aryl methyl sites for hydroxylation is 1. The van der Waals surface area contributed by atoms with Crippen molar-refractivity contribution in [2.75, 3.05) is 37.6 Å². The molecule has 1 fully saturated rings. The maximum absolute atomic E-state index is 5.90. The highest BCUT2D eigenvalue weighted by atomic mass is 35.5. The third kappa shape index (κ3) is 5.93. The number of rotatable bonds is 9. The van der Waals surface area contributed by atoms with E-state index in [9.17, 15) is 0 Å². The second-order valence-corrected chi connectivity index (χ2v) is 7.89. The number of aromatic nitrogens is 4. The molecule has 0 N–H and O–H groups in total. The van der Waals surface area contributed by atoms with Gasteiger partial charge in [0.1, 0.15) is 6.61 Å². The maximum atomic E-state index is 5.90. The van der Waals surface area contributed by atoms with Gasteiger partial charge in [-0.3, -0.25) is 9.58 Å². The molecule has 1 aliphatic rings. The lowest BCUT2D eigenvalue weighted by atomic mass is 10.2. The van der Waals surface area contributed by atoms with Crippen molar-refractivity contribution in [2.45, 2.75) is 26.0 Å². The van der Waals surface area contributed by atoms with Gasteiger partial charge in [0.15, 0.2) is 5.75 Å². The van der Waals surface area contributed by atoms with E-state index in [1.54, 1.807) is 18.6 Å². The molecule has 0 bridgehead atoms. The normalized spacial score (nSPS) is 14.8. The van der Waals surface area contributed by atoms with Crippen LogP contribution in [0.25, 0.3) is 0 Å². The van der Waals surface area contributed by atoms with Crippen LogP contribution in [0.15, 0.2) is 55.1 Å². The number of ether oxygens (including phenoxy) is 1. The molecule has 0 amide bonds. The van der Waals surface area contributed by atoms with Gasteiger partial charge in [-0.2, -0.15) is 5.10 Å². The highest BCUT2D eigenvalue weighted by Crippen LogP contribution is 2.16. The zero-order valence-electron chi connectivity index (χ0n) is 17.0. The van der Waals surface area contributed by atoms with Crippen molar-refractivity contribution >= 4 is 17.5 Å². The topological polar surface area (TPSA) is 59.3 Å². The Morgan fingerprint density at radius 2 is 1.63 bits per heavy atom. The highest BCUT2D eigenvalue weighted by molar-refractivity contribution is 6.30. The van der Waals surface area contributed by atoms with Gasteiger partial charge >= 0.3 is 0 Å². The van der Waals surface area contributed by atoms with Crippen LogP contribution in [0.2, 0.25) is 5.02 Å². The smallest absolute Gasteiger partial charge is 0.225 e. The average Bonchev–Trinajstić information content (AvgIpc) is 3.22. The number of piperazine rings is 1. The molecule has 0 spiro atoms. The van der Waals surface area contributed by atoms with Gasteiger partial charge in [-0.05, 0) is 24.9 Å². The predicted molar refractivity (Wildman–Crippen MR) is 118 cm³/mol. The molecule has 158 valence electrons. The Labute approximate surface area is 182 Å². The van der Waals surface area contributed by atoms with Crippen molar-refractivity contribution in [3.63, 3.8) is 0 Å². The maximum Gasteiger partial charge on any atom is 0.225 e. The zero-order chi connectivity index (χ0) is 20.6. The zero-order valence-corrected chi connectivity index (χ0v) is 17.8. The average molecular weight is 427 g/mol. The fourth-order valence-corrected chi connectivity index (χ4v) is 3.69. The van der Waals surface area contributed by atoms with Gasteiger partial charge in [-0.25, -0.2) is 9.97 Å². The summed E-state index contributed by atoms with van der Waals surface area (Å²) in [5, 5.41) is 4.92. The van der Waals surface area contributed by atoms with E-state index in [0.29, 0.717) is 17.4 Å². The summed E-state index contributed by atoms with van der Waals surface area (Å²) in [5.41, 5.74) is 1.13. The van der Waals surface area contributed by atoms with Crippen molar-refractivity contribution in [3.8, 4) is 5.75 Å². The van der Waals surface area contributed by atoms with E-state index < -0.39 is 0 Å². The van der Waals surface area contributed by atoms with Gasteiger partial charge in [0.2, 0.25) is 5.95 Å². The van der Waals surface area contributed by atoms with E-state index in [1.807, 2.05) is 41.2 Å². The van der Waals surface area contributed by atoms with Crippen molar-refractivity contribution < 1.29 is 4.74 Å². The molecule has 3 heterocycles. The molecule has 0 radical (unpaired) electrons. The van der Waals surface area contributed by atoms with E-state index in [0.717, 1.165) is 63.6 Å². The quantitative estimate of drug-likeness (QED) is 0.488. The van der Waals surface area contributed by atoms with Crippen LogP contribution in [-0.4, -0.2) is 57.4 Å². The van der Waals surface area contributed by atoms with Crippen LogP contribution >= 0.6 is 11.6 Å². The Morgan fingerprint density at radius 3 is 2.33 bits per heavy atom. The predicted octanol–water partition coefficient (Wildman–Crippen LogP) is 3.51. The lowest BCUT2D eigenvalue weighted by molar-refractivity contribution is 0.249. The Morgan fingerprint density at radius 1 is 0.900 bits per heavy atom. The minimum Gasteiger partial charge on any atom is -0.486 e. The first-order valence-electron chi connectivity index (χ1n) is 10.4. The molecule has 0 unspecified atom stereocenters. The molecule has 1 saturated heterocycles. The van der Waals surface area contributed by atoms with Crippen molar-refractivity contribution in [2.24, 2.45) is 0 Å². The molecule has 0 aliphatic carbocycles. The molecule has 1 aromatic carbocycles. The van der Waals surface area contributed by atoms with Crippen LogP contribution in [0.3, 0.4) is 0 Å². The molecule has 3 aromatic rings. The minimum atomic E-state index is 0.523. The van der Waals surface area contributed by atoms with E-state index in [4.69, 9.17) is 16.3 Å². The van der Waals surface area contributed by atoms with E-state index in [-0.39, 0.29) is 0 Å². The van der Waals surface area contributed by atoms with Gasteiger partial charge in [-0.1, -0.05) is 41.9 Å². The van der Waals surface area contributed by atoms with Gasteiger partial charge in [0.05, 0.1) is 23.6 Å².